The predicted molar refractivity (Wildman–Crippen MR) is 95.4 cm³/mol. The second-order valence-electron chi connectivity index (χ2n) is 6.99. The molecule has 0 bridgehead atoms. The van der Waals surface area contributed by atoms with E-state index in [1.807, 2.05) is 6.07 Å². The maximum atomic E-state index is 12.8. The number of nitrogens with zero attached hydrogens (tertiary/aromatic N) is 2. The van der Waals surface area contributed by atoms with Gasteiger partial charge < -0.3 is 15.0 Å². The molecule has 0 aromatic heterocycles. The van der Waals surface area contributed by atoms with Crippen LogP contribution < -0.4 is 5.32 Å². The lowest BCUT2D eigenvalue weighted by atomic mass is 9.92. The highest BCUT2D eigenvalue weighted by molar-refractivity contribution is 6.09. The number of hydrogen-bond acceptors (Lipinski definition) is 5. The number of benzene rings is 1. The largest absolute Gasteiger partial charge is 0.469 e. The lowest BCUT2D eigenvalue weighted by Gasteiger charge is -2.31. The van der Waals surface area contributed by atoms with Crippen molar-refractivity contribution in [2.45, 2.75) is 25.3 Å². The molecule has 27 heavy (non-hydrogen) atoms. The van der Waals surface area contributed by atoms with Gasteiger partial charge in [0.1, 0.15) is 12.1 Å². The van der Waals surface area contributed by atoms with Crippen molar-refractivity contribution in [3.8, 4) is 0 Å². The summed E-state index contributed by atoms with van der Waals surface area (Å²) in [7, 11) is 1.35. The SMILES string of the molecule is COC(=O)C1CCN(C(=O)CN2C(=O)N[C@@](C)(c3ccccc3)C2=O)CC1. The molecule has 0 aliphatic carbocycles. The van der Waals surface area contributed by atoms with Gasteiger partial charge in [0.05, 0.1) is 13.0 Å². The predicted octanol–water partition coefficient (Wildman–Crippen LogP) is 0.865. The average molecular weight is 373 g/mol. The monoisotopic (exact) mass is 373 g/mol. The van der Waals surface area contributed by atoms with E-state index < -0.39 is 17.5 Å². The normalized spacial score (nSPS) is 23.3. The van der Waals surface area contributed by atoms with E-state index in [9.17, 15) is 19.2 Å². The number of ether oxygens (including phenoxy) is 1. The zero-order valence-electron chi connectivity index (χ0n) is 15.4. The average Bonchev–Trinajstić information content (AvgIpc) is 2.92. The number of methoxy groups -OCH3 is 1. The number of carbonyl (C=O) groups excluding carboxylic acids is 4. The van der Waals surface area contributed by atoms with Gasteiger partial charge in [0.25, 0.3) is 5.91 Å². The number of esters is 1. The lowest BCUT2D eigenvalue weighted by molar-refractivity contribution is -0.149. The first-order valence-electron chi connectivity index (χ1n) is 8.92. The molecular weight excluding hydrogens is 350 g/mol. The Labute approximate surface area is 157 Å². The fourth-order valence-corrected chi connectivity index (χ4v) is 3.57. The fourth-order valence-electron chi connectivity index (χ4n) is 3.57. The summed E-state index contributed by atoms with van der Waals surface area (Å²) < 4.78 is 4.74. The van der Waals surface area contributed by atoms with Crippen molar-refractivity contribution in [2.75, 3.05) is 26.7 Å². The van der Waals surface area contributed by atoms with Crippen LogP contribution in [0.4, 0.5) is 4.79 Å². The van der Waals surface area contributed by atoms with Gasteiger partial charge in [0.2, 0.25) is 5.91 Å². The van der Waals surface area contributed by atoms with Gasteiger partial charge in [-0.05, 0) is 25.3 Å². The molecule has 8 heteroatoms. The van der Waals surface area contributed by atoms with Gasteiger partial charge in [-0.25, -0.2) is 4.79 Å². The highest BCUT2D eigenvalue weighted by atomic mass is 16.5. The van der Waals surface area contributed by atoms with Crippen LogP contribution in [0.25, 0.3) is 0 Å². The minimum atomic E-state index is -1.18. The number of imide groups is 1. The second kappa shape index (κ2) is 7.38. The van der Waals surface area contributed by atoms with E-state index in [0.717, 1.165) is 4.90 Å². The van der Waals surface area contributed by atoms with Crippen LogP contribution in [0.5, 0.6) is 0 Å². The maximum Gasteiger partial charge on any atom is 0.325 e. The van der Waals surface area contributed by atoms with Gasteiger partial charge in [-0.3, -0.25) is 19.3 Å². The minimum Gasteiger partial charge on any atom is -0.469 e. The Morgan fingerprint density at radius 3 is 2.41 bits per heavy atom. The third-order valence-electron chi connectivity index (χ3n) is 5.30. The fraction of sp³-hybridized carbons (Fsp3) is 0.474. The first kappa shape index (κ1) is 18.9. The van der Waals surface area contributed by atoms with Crippen molar-refractivity contribution in [3.63, 3.8) is 0 Å². The molecular formula is C19H23N3O5. The van der Waals surface area contributed by atoms with E-state index >= 15 is 0 Å². The number of nitrogens with one attached hydrogen (secondary N) is 1. The number of amides is 4. The molecule has 1 aromatic carbocycles. The van der Waals surface area contributed by atoms with Gasteiger partial charge >= 0.3 is 12.0 Å². The summed E-state index contributed by atoms with van der Waals surface area (Å²) in [6, 6.07) is 8.36. The Balaban J connectivity index is 1.64. The highest BCUT2D eigenvalue weighted by Gasteiger charge is 2.49. The number of rotatable bonds is 4. The van der Waals surface area contributed by atoms with Gasteiger partial charge in [-0.1, -0.05) is 30.3 Å². The number of hydrogen-bond donors (Lipinski definition) is 1. The standard InChI is InChI=1S/C19H23N3O5/c1-19(14-6-4-3-5-7-14)17(25)22(18(26)20-19)12-15(23)21-10-8-13(9-11-21)16(24)27-2/h3-7,13H,8-12H2,1-2H3,(H,20,26)/t19-/m0/s1. The smallest absolute Gasteiger partial charge is 0.325 e. The molecule has 3 rings (SSSR count). The van der Waals surface area contributed by atoms with Crippen LogP contribution in [-0.2, 0) is 24.7 Å². The molecule has 0 spiro atoms. The Hall–Kier alpha value is -2.90. The molecule has 1 aromatic rings. The summed E-state index contributed by atoms with van der Waals surface area (Å²) in [6.45, 7) is 2.13. The Bertz CT molecular complexity index is 758. The van der Waals surface area contributed by atoms with Crippen LogP contribution in [0.15, 0.2) is 30.3 Å². The van der Waals surface area contributed by atoms with E-state index in [1.54, 1.807) is 36.1 Å². The van der Waals surface area contributed by atoms with E-state index in [0.29, 0.717) is 31.5 Å². The van der Waals surface area contributed by atoms with Crippen molar-refractivity contribution in [2.24, 2.45) is 5.92 Å². The molecule has 0 unspecified atom stereocenters. The van der Waals surface area contributed by atoms with Gasteiger partial charge in [0.15, 0.2) is 0 Å². The zero-order chi connectivity index (χ0) is 19.6. The van der Waals surface area contributed by atoms with Crippen molar-refractivity contribution < 1.29 is 23.9 Å². The quantitative estimate of drug-likeness (QED) is 0.624. The molecule has 0 radical (unpaired) electrons. The number of likely N-dealkylation sites (tertiary alicyclic amines) is 1. The summed E-state index contributed by atoms with van der Waals surface area (Å²) in [6.07, 6.45) is 1.03. The first-order chi connectivity index (χ1) is 12.9. The van der Waals surface area contributed by atoms with Crippen LogP contribution in [0.2, 0.25) is 0 Å². The first-order valence-corrected chi connectivity index (χ1v) is 8.92. The zero-order valence-corrected chi connectivity index (χ0v) is 15.4. The Kier molecular flexibility index (Phi) is 5.16. The molecule has 2 heterocycles. The van der Waals surface area contributed by atoms with E-state index in [4.69, 9.17) is 4.74 Å². The molecule has 2 aliphatic rings. The molecule has 4 amide bonds. The Morgan fingerprint density at radius 1 is 1.19 bits per heavy atom. The third-order valence-corrected chi connectivity index (χ3v) is 5.30. The summed E-state index contributed by atoms with van der Waals surface area (Å²) >= 11 is 0. The second-order valence-corrected chi connectivity index (χ2v) is 6.99. The van der Waals surface area contributed by atoms with Crippen molar-refractivity contribution in [3.05, 3.63) is 35.9 Å². The van der Waals surface area contributed by atoms with E-state index in [1.165, 1.54) is 7.11 Å². The number of piperidine rings is 1. The van der Waals surface area contributed by atoms with Crippen LogP contribution in [0.3, 0.4) is 0 Å². The lowest BCUT2D eigenvalue weighted by Crippen LogP contribution is -2.47. The molecule has 2 fully saturated rings. The summed E-state index contributed by atoms with van der Waals surface area (Å²) in [4.78, 5) is 51.9. The molecule has 2 aliphatic heterocycles. The highest BCUT2D eigenvalue weighted by Crippen LogP contribution is 2.28. The van der Waals surface area contributed by atoms with Crippen LogP contribution >= 0.6 is 0 Å². The molecule has 144 valence electrons. The van der Waals surface area contributed by atoms with Crippen LogP contribution in [0.1, 0.15) is 25.3 Å². The van der Waals surface area contributed by atoms with E-state index in [2.05, 4.69) is 5.32 Å². The minimum absolute atomic E-state index is 0.211. The third kappa shape index (κ3) is 3.51. The summed E-state index contributed by atoms with van der Waals surface area (Å²) in [5.41, 5.74) is -0.520. The summed E-state index contributed by atoms with van der Waals surface area (Å²) in [5, 5.41) is 2.69. The number of carbonyl (C=O) groups is 4. The van der Waals surface area contributed by atoms with Crippen molar-refractivity contribution in [1.82, 2.24) is 15.1 Å². The molecule has 1 N–H and O–H groups in total. The molecule has 2 saturated heterocycles. The van der Waals surface area contributed by atoms with Crippen molar-refractivity contribution >= 4 is 23.8 Å². The van der Waals surface area contributed by atoms with Gasteiger partial charge in [0, 0.05) is 13.1 Å². The molecule has 1 atom stereocenters. The Morgan fingerprint density at radius 2 is 1.81 bits per heavy atom. The topological polar surface area (TPSA) is 96.0 Å². The van der Waals surface area contributed by atoms with Crippen LogP contribution in [0, 0.1) is 5.92 Å². The summed E-state index contributed by atoms with van der Waals surface area (Å²) in [5.74, 6) is -1.23. The molecule has 8 nitrogen and oxygen atoms in total. The number of urea groups is 1. The van der Waals surface area contributed by atoms with Gasteiger partial charge in [-0.2, -0.15) is 0 Å². The maximum absolute atomic E-state index is 12.8. The molecule has 0 saturated carbocycles. The van der Waals surface area contributed by atoms with Crippen molar-refractivity contribution in [1.29, 1.82) is 0 Å². The van der Waals surface area contributed by atoms with E-state index in [-0.39, 0.29) is 24.3 Å². The van der Waals surface area contributed by atoms with Gasteiger partial charge in [-0.15, -0.1) is 0 Å². The van der Waals surface area contributed by atoms with Crippen LogP contribution in [-0.4, -0.2) is 60.4 Å².